The minimum atomic E-state index is 0.184. The SMILES string of the molecule is CNCc1nnc(N2CCC3NC(=O)CCC3C2)o1. The number of hydrogen-bond donors (Lipinski definition) is 2. The van der Waals surface area contributed by atoms with Crippen molar-refractivity contribution >= 4 is 11.9 Å². The molecule has 2 fully saturated rings. The first-order valence-corrected chi connectivity index (χ1v) is 6.77. The van der Waals surface area contributed by atoms with E-state index in [0.717, 1.165) is 25.9 Å². The molecule has 2 N–H and O–H groups in total. The van der Waals surface area contributed by atoms with Gasteiger partial charge in [-0.3, -0.25) is 4.79 Å². The summed E-state index contributed by atoms with van der Waals surface area (Å²) in [5, 5.41) is 14.2. The number of aromatic nitrogens is 2. The van der Waals surface area contributed by atoms with Gasteiger partial charge in [0.05, 0.1) is 6.54 Å². The van der Waals surface area contributed by atoms with Crippen molar-refractivity contribution in [2.24, 2.45) is 5.92 Å². The third-order valence-electron chi connectivity index (χ3n) is 3.88. The first kappa shape index (κ1) is 12.4. The Labute approximate surface area is 111 Å². The minimum Gasteiger partial charge on any atom is -0.407 e. The molecule has 2 unspecified atom stereocenters. The Morgan fingerprint density at radius 1 is 1.47 bits per heavy atom. The molecule has 7 nitrogen and oxygen atoms in total. The highest BCUT2D eigenvalue weighted by atomic mass is 16.4. The van der Waals surface area contributed by atoms with Gasteiger partial charge in [0.15, 0.2) is 0 Å². The van der Waals surface area contributed by atoms with E-state index in [1.807, 2.05) is 7.05 Å². The molecule has 1 amide bonds. The molecule has 0 aromatic carbocycles. The van der Waals surface area contributed by atoms with Crippen LogP contribution in [0.5, 0.6) is 0 Å². The summed E-state index contributed by atoms with van der Waals surface area (Å²) in [7, 11) is 1.85. The molecule has 2 saturated heterocycles. The second-order valence-electron chi connectivity index (χ2n) is 5.22. The fourth-order valence-electron chi connectivity index (χ4n) is 2.88. The molecule has 3 heterocycles. The Balaban J connectivity index is 1.65. The maximum atomic E-state index is 11.4. The molecular formula is C12H19N5O2. The fraction of sp³-hybridized carbons (Fsp3) is 0.750. The van der Waals surface area contributed by atoms with Crippen molar-refractivity contribution in [2.75, 3.05) is 25.0 Å². The van der Waals surface area contributed by atoms with Crippen LogP contribution in [0.3, 0.4) is 0 Å². The van der Waals surface area contributed by atoms with Crippen molar-refractivity contribution in [1.29, 1.82) is 0 Å². The lowest BCUT2D eigenvalue weighted by atomic mass is 9.85. The van der Waals surface area contributed by atoms with Gasteiger partial charge in [0, 0.05) is 25.6 Å². The summed E-state index contributed by atoms with van der Waals surface area (Å²) in [6, 6.07) is 0.915. The molecule has 3 rings (SSSR count). The predicted octanol–water partition coefficient (Wildman–Crippen LogP) is -0.106. The van der Waals surface area contributed by atoms with Crippen molar-refractivity contribution in [3.05, 3.63) is 5.89 Å². The molecule has 0 bridgehead atoms. The van der Waals surface area contributed by atoms with Gasteiger partial charge >= 0.3 is 6.01 Å². The number of nitrogens with zero attached hydrogens (tertiary/aromatic N) is 3. The Kier molecular flexibility index (Phi) is 3.37. The highest BCUT2D eigenvalue weighted by Gasteiger charge is 2.35. The largest absolute Gasteiger partial charge is 0.407 e. The summed E-state index contributed by atoms with van der Waals surface area (Å²) in [6.45, 7) is 2.32. The fourth-order valence-corrected chi connectivity index (χ4v) is 2.88. The first-order valence-electron chi connectivity index (χ1n) is 6.77. The zero-order valence-electron chi connectivity index (χ0n) is 11.1. The molecule has 0 spiro atoms. The highest BCUT2D eigenvalue weighted by Crippen LogP contribution is 2.27. The van der Waals surface area contributed by atoms with Crippen LogP contribution in [-0.4, -0.2) is 42.3 Å². The summed E-state index contributed by atoms with van der Waals surface area (Å²) in [4.78, 5) is 13.5. The first-order chi connectivity index (χ1) is 9.26. The molecule has 2 aliphatic heterocycles. The second-order valence-corrected chi connectivity index (χ2v) is 5.22. The second kappa shape index (κ2) is 5.16. The van der Waals surface area contributed by atoms with Gasteiger partial charge in [0.2, 0.25) is 11.8 Å². The third kappa shape index (κ3) is 2.56. The molecule has 0 radical (unpaired) electrons. The Bertz CT molecular complexity index is 461. The van der Waals surface area contributed by atoms with E-state index in [9.17, 15) is 4.79 Å². The Hall–Kier alpha value is -1.63. The van der Waals surface area contributed by atoms with E-state index in [-0.39, 0.29) is 5.91 Å². The van der Waals surface area contributed by atoms with Gasteiger partial charge in [-0.2, -0.15) is 0 Å². The van der Waals surface area contributed by atoms with Crippen LogP contribution >= 0.6 is 0 Å². The lowest BCUT2D eigenvalue weighted by molar-refractivity contribution is -0.124. The summed E-state index contributed by atoms with van der Waals surface area (Å²) in [5.74, 6) is 1.28. The normalized spacial score (nSPS) is 27.0. The van der Waals surface area contributed by atoms with Crippen LogP contribution in [0.25, 0.3) is 0 Å². The number of rotatable bonds is 3. The molecule has 1 aromatic rings. The molecule has 7 heteroatoms. The standard InChI is InChI=1S/C12H19N5O2/c1-13-6-11-15-16-12(19-11)17-5-4-9-8(7-17)2-3-10(18)14-9/h8-9,13H,2-7H2,1H3,(H,14,18). The molecule has 0 aliphatic carbocycles. The lowest BCUT2D eigenvalue weighted by Gasteiger charge is -2.40. The van der Waals surface area contributed by atoms with Crippen molar-refractivity contribution in [1.82, 2.24) is 20.8 Å². The number of hydrogen-bond acceptors (Lipinski definition) is 6. The van der Waals surface area contributed by atoms with Gasteiger partial charge in [-0.25, -0.2) is 0 Å². The number of fused-ring (bicyclic) bond motifs is 1. The van der Waals surface area contributed by atoms with Gasteiger partial charge in [-0.15, -0.1) is 5.10 Å². The van der Waals surface area contributed by atoms with E-state index in [1.54, 1.807) is 0 Å². The van der Waals surface area contributed by atoms with E-state index >= 15 is 0 Å². The van der Waals surface area contributed by atoms with Crippen LogP contribution in [-0.2, 0) is 11.3 Å². The smallest absolute Gasteiger partial charge is 0.318 e. The summed E-state index contributed by atoms with van der Waals surface area (Å²) in [5.41, 5.74) is 0. The van der Waals surface area contributed by atoms with E-state index in [2.05, 4.69) is 25.7 Å². The van der Waals surface area contributed by atoms with Crippen molar-refractivity contribution in [3.63, 3.8) is 0 Å². The van der Waals surface area contributed by atoms with Gasteiger partial charge in [0.1, 0.15) is 0 Å². The zero-order valence-corrected chi connectivity index (χ0v) is 11.1. The Morgan fingerprint density at radius 3 is 3.21 bits per heavy atom. The number of carbonyl (C=O) groups excluding carboxylic acids is 1. The maximum absolute atomic E-state index is 11.4. The highest BCUT2D eigenvalue weighted by molar-refractivity contribution is 5.77. The number of piperidine rings is 2. The summed E-state index contributed by atoms with van der Waals surface area (Å²) >= 11 is 0. The van der Waals surface area contributed by atoms with E-state index in [1.165, 1.54) is 0 Å². The average molecular weight is 265 g/mol. The van der Waals surface area contributed by atoms with E-state index < -0.39 is 0 Å². The van der Waals surface area contributed by atoms with E-state index in [0.29, 0.717) is 36.8 Å². The maximum Gasteiger partial charge on any atom is 0.318 e. The molecule has 19 heavy (non-hydrogen) atoms. The van der Waals surface area contributed by atoms with Gasteiger partial charge < -0.3 is 20.0 Å². The van der Waals surface area contributed by atoms with Gasteiger partial charge in [-0.1, -0.05) is 5.10 Å². The van der Waals surface area contributed by atoms with Crippen LogP contribution in [0, 0.1) is 5.92 Å². The molecular weight excluding hydrogens is 246 g/mol. The summed E-state index contributed by atoms with van der Waals surface area (Å²) in [6.07, 6.45) is 2.52. The molecule has 104 valence electrons. The van der Waals surface area contributed by atoms with Crippen LogP contribution < -0.4 is 15.5 Å². The summed E-state index contributed by atoms with van der Waals surface area (Å²) < 4.78 is 5.62. The number of nitrogens with one attached hydrogen (secondary N) is 2. The zero-order chi connectivity index (χ0) is 13.2. The van der Waals surface area contributed by atoms with E-state index in [4.69, 9.17) is 4.42 Å². The van der Waals surface area contributed by atoms with Gasteiger partial charge in [0.25, 0.3) is 0 Å². The molecule has 2 aliphatic rings. The Morgan fingerprint density at radius 2 is 2.37 bits per heavy atom. The van der Waals surface area contributed by atoms with Crippen LogP contribution in [0.4, 0.5) is 6.01 Å². The number of carbonyl (C=O) groups is 1. The van der Waals surface area contributed by atoms with Crippen molar-refractivity contribution in [2.45, 2.75) is 31.8 Å². The number of anilines is 1. The van der Waals surface area contributed by atoms with Crippen LogP contribution in [0.1, 0.15) is 25.2 Å². The van der Waals surface area contributed by atoms with Crippen molar-refractivity contribution < 1.29 is 9.21 Å². The lowest BCUT2D eigenvalue weighted by Crippen LogP contribution is -2.54. The van der Waals surface area contributed by atoms with Gasteiger partial charge in [-0.05, 0) is 25.8 Å². The third-order valence-corrected chi connectivity index (χ3v) is 3.88. The quantitative estimate of drug-likeness (QED) is 0.793. The van der Waals surface area contributed by atoms with Crippen molar-refractivity contribution in [3.8, 4) is 0 Å². The van der Waals surface area contributed by atoms with Crippen LogP contribution in [0.15, 0.2) is 4.42 Å². The molecule has 1 aromatic heterocycles. The monoisotopic (exact) mass is 265 g/mol. The topological polar surface area (TPSA) is 83.3 Å². The minimum absolute atomic E-state index is 0.184. The molecule has 0 saturated carbocycles. The average Bonchev–Trinajstić information content (AvgIpc) is 2.87. The predicted molar refractivity (Wildman–Crippen MR) is 68.5 cm³/mol. The number of amides is 1. The molecule has 2 atom stereocenters. The van der Waals surface area contributed by atoms with Crippen LogP contribution in [0.2, 0.25) is 0 Å².